The van der Waals surface area contributed by atoms with Crippen LogP contribution in [-0.4, -0.2) is 48.1 Å². The summed E-state index contributed by atoms with van der Waals surface area (Å²) in [5, 5.41) is 1.27. The van der Waals surface area contributed by atoms with Crippen LogP contribution >= 0.6 is 35.0 Å². The second-order valence-electron chi connectivity index (χ2n) is 6.04. The van der Waals surface area contributed by atoms with Gasteiger partial charge in [0, 0.05) is 42.6 Å². The molecule has 1 heterocycles. The maximum absolute atomic E-state index is 12.8. The van der Waals surface area contributed by atoms with Crippen LogP contribution in [0.5, 0.6) is 0 Å². The average Bonchev–Trinajstić information content (AvgIpc) is 2.64. The quantitative estimate of drug-likeness (QED) is 0.703. The van der Waals surface area contributed by atoms with Crippen molar-refractivity contribution in [2.24, 2.45) is 0 Å². The fraction of sp³-hybridized carbons (Fsp3) is 0.316. The van der Waals surface area contributed by atoms with Crippen LogP contribution in [0, 0.1) is 0 Å². The Kier molecular flexibility index (Phi) is 6.29. The normalized spacial score (nSPS) is 15.4. The summed E-state index contributed by atoms with van der Waals surface area (Å²) in [5.41, 5.74) is 1.83. The van der Waals surface area contributed by atoms with E-state index < -0.39 is 0 Å². The number of piperazine rings is 1. The molecule has 25 heavy (non-hydrogen) atoms. The summed E-state index contributed by atoms with van der Waals surface area (Å²) in [5.74, 6) is 0.0204. The van der Waals surface area contributed by atoms with Crippen molar-refractivity contribution in [3.05, 3.63) is 63.6 Å². The summed E-state index contributed by atoms with van der Waals surface area (Å²) in [4.78, 5) is 18.1. The maximum atomic E-state index is 12.8. The van der Waals surface area contributed by atoms with Gasteiger partial charge in [0.05, 0.1) is 10.6 Å². The molecule has 0 atom stereocenters. The Bertz CT molecular complexity index is 744. The molecule has 0 unspecified atom stereocenters. The zero-order valence-corrected chi connectivity index (χ0v) is 16.4. The van der Waals surface area contributed by atoms with E-state index in [2.05, 4.69) is 4.90 Å². The van der Waals surface area contributed by atoms with E-state index in [4.69, 9.17) is 23.2 Å². The molecule has 3 nitrogen and oxygen atoms in total. The van der Waals surface area contributed by atoms with Crippen LogP contribution in [0.15, 0.2) is 47.4 Å². The second-order valence-corrected chi connectivity index (χ2v) is 7.76. The first-order valence-corrected chi connectivity index (χ1v) is 10.1. The van der Waals surface area contributed by atoms with Crippen LogP contribution in [0.4, 0.5) is 0 Å². The van der Waals surface area contributed by atoms with Gasteiger partial charge in [0.15, 0.2) is 0 Å². The van der Waals surface area contributed by atoms with Crippen molar-refractivity contribution < 1.29 is 4.79 Å². The predicted octanol–water partition coefficient (Wildman–Crippen LogP) is 4.67. The molecule has 0 aliphatic carbocycles. The first-order valence-electron chi connectivity index (χ1n) is 8.16. The summed E-state index contributed by atoms with van der Waals surface area (Å²) in [7, 11) is 0. The van der Waals surface area contributed by atoms with E-state index in [0.717, 1.165) is 29.6 Å². The minimum Gasteiger partial charge on any atom is -0.336 e. The number of thioether (sulfide) groups is 1. The van der Waals surface area contributed by atoms with Crippen LogP contribution in [0.2, 0.25) is 10.0 Å². The van der Waals surface area contributed by atoms with Crippen LogP contribution in [-0.2, 0) is 6.54 Å². The SMILES string of the molecule is CSc1ccc(Cl)c(C(=O)N2CCN(Cc3ccc(Cl)cc3)CC2)c1. The van der Waals surface area contributed by atoms with Crippen LogP contribution in [0.25, 0.3) is 0 Å². The molecule has 1 aliphatic heterocycles. The smallest absolute Gasteiger partial charge is 0.255 e. The molecule has 132 valence electrons. The van der Waals surface area contributed by atoms with Crippen LogP contribution in [0.1, 0.15) is 15.9 Å². The van der Waals surface area contributed by atoms with Gasteiger partial charge in [-0.05, 0) is 42.2 Å². The Hall–Kier alpha value is -1.20. The van der Waals surface area contributed by atoms with Crippen LogP contribution < -0.4 is 0 Å². The molecule has 0 spiro atoms. The summed E-state index contributed by atoms with van der Waals surface area (Å²) >= 11 is 13.8. The minimum atomic E-state index is 0.0204. The van der Waals surface area contributed by atoms with Crippen molar-refractivity contribution >= 4 is 40.9 Å². The van der Waals surface area contributed by atoms with E-state index in [-0.39, 0.29) is 5.91 Å². The number of carbonyl (C=O) groups is 1. The third-order valence-corrected chi connectivity index (χ3v) is 5.69. The zero-order valence-electron chi connectivity index (χ0n) is 14.0. The highest BCUT2D eigenvalue weighted by Crippen LogP contribution is 2.25. The van der Waals surface area contributed by atoms with Crippen LogP contribution in [0.3, 0.4) is 0 Å². The Labute approximate surface area is 162 Å². The third kappa shape index (κ3) is 4.70. The number of benzene rings is 2. The molecule has 6 heteroatoms. The average molecular weight is 395 g/mol. The molecule has 1 amide bonds. The largest absolute Gasteiger partial charge is 0.336 e. The molecule has 0 radical (unpaired) electrons. The molecule has 0 bridgehead atoms. The lowest BCUT2D eigenvalue weighted by molar-refractivity contribution is 0.0628. The lowest BCUT2D eigenvalue weighted by Gasteiger charge is -2.35. The maximum Gasteiger partial charge on any atom is 0.255 e. The minimum absolute atomic E-state index is 0.0204. The van der Waals surface area contributed by atoms with Gasteiger partial charge < -0.3 is 4.90 Å². The molecule has 2 aromatic rings. The van der Waals surface area contributed by atoms with Gasteiger partial charge in [-0.1, -0.05) is 35.3 Å². The van der Waals surface area contributed by atoms with Crippen molar-refractivity contribution in [2.45, 2.75) is 11.4 Å². The zero-order chi connectivity index (χ0) is 17.8. The number of carbonyl (C=O) groups excluding carboxylic acids is 1. The lowest BCUT2D eigenvalue weighted by Crippen LogP contribution is -2.48. The van der Waals surface area contributed by atoms with Gasteiger partial charge >= 0.3 is 0 Å². The molecule has 0 N–H and O–H groups in total. The predicted molar refractivity (Wildman–Crippen MR) is 106 cm³/mol. The van der Waals surface area contributed by atoms with Gasteiger partial charge in [-0.25, -0.2) is 0 Å². The Morgan fingerprint density at radius 1 is 1.04 bits per heavy atom. The molecule has 0 aromatic heterocycles. The topological polar surface area (TPSA) is 23.6 Å². The summed E-state index contributed by atoms with van der Waals surface area (Å²) < 4.78 is 0. The number of halogens is 2. The van der Waals surface area contributed by atoms with Gasteiger partial charge in [-0.3, -0.25) is 9.69 Å². The van der Waals surface area contributed by atoms with Crippen molar-refractivity contribution in [1.82, 2.24) is 9.80 Å². The highest BCUT2D eigenvalue weighted by molar-refractivity contribution is 7.98. The number of hydrogen-bond donors (Lipinski definition) is 0. The highest BCUT2D eigenvalue weighted by atomic mass is 35.5. The number of nitrogens with zero attached hydrogens (tertiary/aromatic N) is 2. The van der Waals surface area contributed by atoms with Gasteiger partial charge in [0.2, 0.25) is 0 Å². The van der Waals surface area contributed by atoms with Crippen molar-refractivity contribution in [3.63, 3.8) is 0 Å². The molecule has 1 saturated heterocycles. The standard InChI is InChI=1S/C19H20Cl2N2OS/c1-25-16-6-7-18(21)17(12-16)19(24)23-10-8-22(9-11-23)13-14-2-4-15(20)5-3-14/h2-7,12H,8-11,13H2,1H3. The number of hydrogen-bond acceptors (Lipinski definition) is 3. The molecule has 3 rings (SSSR count). The summed E-state index contributed by atoms with van der Waals surface area (Å²) in [6.07, 6.45) is 1.99. The van der Waals surface area contributed by atoms with E-state index in [1.165, 1.54) is 5.56 Å². The third-order valence-electron chi connectivity index (χ3n) is 4.38. The van der Waals surface area contributed by atoms with E-state index >= 15 is 0 Å². The molecule has 2 aromatic carbocycles. The molecule has 1 aliphatic rings. The fourth-order valence-electron chi connectivity index (χ4n) is 2.92. The molecular weight excluding hydrogens is 375 g/mol. The highest BCUT2D eigenvalue weighted by Gasteiger charge is 2.23. The Balaban J connectivity index is 1.60. The first kappa shape index (κ1) is 18.6. The monoisotopic (exact) mass is 394 g/mol. The van der Waals surface area contributed by atoms with E-state index in [1.807, 2.05) is 47.6 Å². The van der Waals surface area contributed by atoms with Gasteiger partial charge in [0.25, 0.3) is 5.91 Å². The van der Waals surface area contributed by atoms with Crippen molar-refractivity contribution in [3.8, 4) is 0 Å². The van der Waals surface area contributed by atoms with E-state index in [0.29, 0.717) is 23.7 Å². The molecule has 0 saturated carbocycles. The summed E-state index contributed by atoms with van der Waals surface area (Å²) in [6.45, 7) is 4.02. The second kappa shape index (κ2) is 8.45. The van der Waals surface area contributed by atoms with Gasteiger partial charge in [-0.15, -0.1) is 11.8 Å². The van der Waals surface area contributed by atoms with E-state index in [9.17, 15) is 4.79 Å². The molecular formula is C19H20Cl2N2OS. The van der Waals surface area contributed by atoms with Gasteiger partial charge in [-0.2, -0.15) is 0 Å². The van der Waals surface area contributed by atoms with E-state index in [1.54, 1.807) is 17.8 Å². The molecule has 1 fully saturated rings. The number of amides is 1. The van der Waals surface area contributed by atoms with Crippen molar-refractivity contribution in [1.29, 1.82) is 0 Å². The van der Waals surface area contributed by atoms with Gasteiger partial charge in [0.1, 0.15) is 0 Å². The first-order chi connectivity index (χ1) is 12.1. The summed E-state index contributed by atoms with van der Waals surface area (Å²) in [6, 6.07) is 13.6. The number of rotatable bonds is 4. The Morgan fingerprint density at radius 2 is 1.72 bits per heavy atom. The lowest BCUT2D eigenvalue weighted by atomic mass is 10.1. The fourth-order valence-corrected chi connectivity index (χ4v) is 3.69. The van der Waals surface area contributed by atoms with Crippen molar-refractivity contribution in [2.75, 3.05) is 32.4 Å². The Morgan fingerprint density at radius 3 is 2.36 bits per heavy atom.